The van der Waals surface area contributed by atoms with Crippen molar-refractivity contribution in [2.24, 2.45) is 4.99 Å². The number of nitrogens with zero attached hydrogens (tertiary/aromatic N) is 2. The minimum atomic E-state index is -0.00390. The number of allylic oxidation sites excluding steroid dienone is 1. The first-order chi connectivity index (χ1) is 11.9. The first-order valence-electron chi connectivity index (χ1n) is 8.82. The molecule has 0 aromatic heterocycles. The molecule has 0 fully saturated rings. The lowest BCUT2D eigenvalue weighted by atomic mass is 9.88. The summed E-state index contributed by atoms with van der Waals surface area (Å²) in [5.41, 5.74) is 5.63. The molecule has 2 nitrogen and oxygen atoms in total. The van der Waals surface area contributed by atoms with E-state index < -0.39 is 0 Å². The Labute approximate surface area is 155 Å². The van der Waals surface area contributed by atoms with Gasteiger partial charge in [0.15, 0.2) is 0 Å². The van der Waals surface area contributed by atoms with E-state index in [9.17, 15) is 0 Å². The van der Waals surface area contributed by atoms with Crippen LogP contribution >= 0.6 is 11.6 Å². The average Bonchev–Trinajstić information content (AvgIpc) is 2.57. The van der Waals surface area contributed by atoms with E-state index in [1.807, 2.05) is 36.5 Å². The predicted molar refractivity (Wildman–Crippen MR) is 111 cm³/mol. The number of halogens is 1. The van der Waals surface area contributed by atoms with E-state index in [1.54, 1.807) is 0 Å². The lowest BCUT2D eigenvalue weighted by molar-refractivity contribution is 0.550. The number of hydrogen-bond acceptors (Lipinski definition) is 2. The third kappa shape index (κ3) is 3.64. The van der Waals surface area contributed by atoms with Crippen molar-refractivity contribution in [3.8, 4) is 0 Å². The Hall–Kier alpha value is -2.06. The second-order valence-corrected chi connectivity index (χ2v) is 7.52. The van der Waals surface area contributed by atoms with Gasteiger partial charge < -0.3 is 4.90 Å². The van der Waals surface area contributed by atoms with Crippen LogP contribution in [0.1, 0.15) is 45.2 Å². The fraction of sp³-hybridized carbons (Fsp3) is 0.318. The zero-order chi connectivity index (χ0) is 18.0. The Morgan fingerprint density at radius 3 is 2.56 bits per heavy atom. The third-order valence-corrected chi connectivity index (χ3v) is 4.98. The van der Waals surface area contributed by atoms with Crippen LogP contribution in [0.15, 0.2) is 53.5 Å². The van der Waals surface area contributed by atoms with Crippen molar-refractivity contribution < 1.29 is 0 Å². The van der Waals surface area contributed by atoms with Gasteiger partial charge in [-0.15, -0.1) is 0 Å². The van der Waals surface area contributed by atoms with E-state index in [1.165, 1.54) is 16.8 Å². The van der Waals surface area contributed by atoms with Crippen molar-refractivity contribution >= 4 is 34.8 Å². The highest BCUT2D eigenvalue weighted by Crippen LogP contribution is 2.41. The summed E-state index contributed by atoms with van der Waals surface area (Å²) >= 11 is 6.60. The Morgan fingerprint density at radius 2 is 1.88 bits per heavy atom. The molecule has 0 radical (unpaired) electrons. The van der Waals surface area contributed by atoms with Crippen LogP contribution in [0.2, 0.25) is 5.02 Å². The summed E-state index contributed by atoms with van der Waals surface area (Å²) in [6.45, 7) is 9.92. The summed E-state index contributed by atoms with van der Waals surface area (Å²) < 4.78 is 0. The van der Waals surface area contributed by atoms with Gasteiger partial charge in [-0.3, -0.25) is 4.99 Å². The van der Waals surface area contributed by atoms with Crippen molar-refractivity contribution in [3.63, 3.8) is 0 Å². The van der Waals surface area contributed by atoms with Crippen molar-refractivity contribution in [1.29, 1.82) is 0 Å². The molecule has 0 spiro atoms. The standard InChI is InChI=1S/C22H25ClN2/c1-5-11-25-21-13-20(23)17(15-24-18-9-7-6-8-10-18)12-19(21)16(2)14-22(25,3)4/h6-10,12-15H,5,11H2,1-4H3. The summed E-state index contributed by atoms with van der Waals surface area (Å²) in [5, 5.41) is 0.741. The van der Waals surface area contributed by atoms with Crippen molar-refractivity contribution in [1.82, 2.24) is 0 Å². The van der Waals surface area contributed by atoms with Gasteiger partial charge in [0.25, 0.3) is 0 Å². The number of para-hydroxylation sites is 1. The Morgan fingerprint density at radius 1 is 1.16 bits per heavy atom. The highest BCUT2D eigenvalue weighted by molar-refractivity contribution is 6.33. The number of anilines is 1. The molecular formula is C22H25ClN2. The van der Waals surface area contributed by atoms with Gasteiger partial charge in [0, 0.05) is 29.6 Å². The largest absolute Gasteiger partial charge is 0.362 e. The average molecular weight is 353 g/mol. The van der Waals surface area contributed by atoms with E-state index in [0.717, 1.165) is 29.2 Å². The molecule has 1 aliphatic rings. The second kappa shape index (κ2) is 7.05. The van der Waals surface area contributed by atoms with Crippen LogP contribution in [0.4, 0.5) is 11.4 Å². The molecule has 1 aliphatic heterocycles. The molecule has 1 heterocycles. The van der Waals surface area contributed by atoms with Crippen molar-refractivity contribution in [2.75, 3.05) is 11.4 Å². The van der Waals surface area contributed by atoms with Crippen LogP contribution in [0.25, 0.3) is 5.57 Å². The molecule has 0 aliphatic carbocycles. The molecule has 0 saturated carbocycles. The predicted octanol–water partition coefficient (Wildman–Crippen LogP) is 6.50. The summed E-state index contributed by atoms with van der Waals surface area (Å²) in [5.74, 6) is 0. The zero-order valence-electron chi connectivity index (χ0n) is 15.4. The normalized spacial score (nSPS) is 16.0. The Bertz CT molecular complexity index is 819. The summed E-state index contributed by atoms with van der Waals surface area (Å²) in [7, 11) is 0. The van der Waals surface area contributed by atoms with Crippen LogP contribution in [0.3, 0.4) is 0 Å². The van der Waals surface area contributed by atoms with Gasteiger partial charge in [-0.05, 0) is 57.0 Å². The van der Waals surface area contributed by atoms with Crippen LogP contribution < -0.4 is 4.90 Å². The molecule has 2 aromatic carbocycles. The summed E-state index contributed by atoms with van der Waals surface area (Å²) in [6.07, 6.45) is 5.30. The minimum Gasteiger partial charge on any atom is -0.362 e. The molecule has 0 saturated heterocycles. The first-order valence-corrected chi connectivity index (χ1v) is 9.20. The fourth-order valence-electron chi connectivity index (χ4n) is 3.50. The van der Waals surface area contributed by atoms with Gasteiger partial charge in [-0.1, -0.05) is 42.8 Å². The van der Waals surface area contributed by atoms with Crippen molar-refractivity contribution in [3.05, 3.63) is 64.7 Å². The number of aliphatic imine (C=N–C) groups is 1. The third-order valence-electron chi connectivity index (χ3n) is 4.65. The molecule has 3 rings (SSSR count). The molecule has 0 unspecified atom stereocenters. The Kier molecular flexibility index (Phi) is 5.01. The van der Waals surface area contributed by atoms with Gasteiger partial charge in [-0.2, -0.15) is 0 Å². The molecule has 0 bridgehead atoms. The van der Waals surface area contributed by atoms with Crippen LogP contribution in [-0.4, -0.2) is 18.3 Å². The lowest BCUT2D eigenvalue weighted by Crippen LogP contribution is -2.45. The van der Waals surface area contributed by atoms with E-state index in [0.29, 0.717) is 0 Å². The molecule has 25 heavy (non-hydrogen) atoms. The van der Waals surface area contributed by atoms with Crippen LogP contribution in [0.5, 0.6) is 0 Å². The zero-order valence-corrected chi connectivity index (χ0v) is 16.1. The first kappa shape index (κ1) is 17.8. The van der Waals surface area contributed by atoms with Gasteiger partial charge >= 0.3 is 0 Å². The maximum Gasteiger partial charge on any atom is 0.0629 e. The van der Waals surface area contributed by atoms with Crippen LogP contribution in [0, 0.1) is 0 Å². The van der Waals surface area contributed by atoms with E-state index in [-0.39, 0.29) is 5.54 Å². The number of benzene rings is 2. The quantitative estimate of drug-likeness (QED) is 0.573. The molecule has 0 amide bonds. The fourth-order valence-corrected chi connectivity index (χ4v) is 3.71. The molecule has 0 atom stereocenters. The van der Waals surface area contributed by atoms with Crippen molar-refractivity contribution in [2.45, 2.75) is 39.7 Å². The number of rotatable bonds is 4. The smallest absolute Gasteiger partial charge is 0.0629 e. The topological polar surface area (TPSA) is 15.6 Å². The maximum atomic E-state index is 6.60. The summed E-state index contributed by atoms with van der Waals surface area (Å²) in [4.78, 5) is 7.00. The molecule has 3 heteroatoms. The monoisotopic (exact) mass is 352 g/mol. The maximum absolute atomic E-state index is 6.60. The van der Waals surface area contributed by atoms with E-state index in [2.05, 4.69) is 55.8 Å². The molecule has 130 valence electrons. The van der Waals surface area contributed by atoms with Gasteiger partial charge in [0.1, 0.15) is 0 Å². The van der Waals surface area contributed by atoms with E-state index in [4.69, 9.17) is 11.6 Å². The lowest BCUT2D eigenvalue weighted by Gasteiger charge is -2.43. The highest BCUT2D eigenvalue weighted by Gasteiger charge is 2.31. The van der Waals surface area contributed by atoms with Crippen LogP contribution in [-0.2, 0) is 0 Å². The van der Waals surface area contributed by atoms with E-state index >= 15 is 0 Å². The van der Waals surface area contributed by atoms with Gasteiger partial charge in [-0.25, -0.2) is 0 Å². The van der Waals surface area contributed by atoms with Gasteiger partial charge in [0.05, 0.1) is 16.2 Å². The molecule has 2 aromatic rings. The van der Waals surface area contributed by atoms with Gasteiger partial charge in [0.2, 0.25) is 0 Å². The molecular weight excluding hydrogens is 328 g/mol. The summed E-state index contributed by atoms with van der Waals surface area (Å²) in [6, 6.07) is 14.2. The minimum absolute atomic E-state index is 0.00390. The second-order valence-electron chi connectivity index (χ2n) is 7.12. The highest BCUT2D eigenvalue weighted by atomic mass is 35.5. The number of hydrogen-bond donors (Lipinski definition) is 0. The SMILES string of the molecule is CCCN1c2cc(Cl)c(C=Nc3ccccc3)cc2C(C)=CC1(C)C. The Balaban J connectivity index is 2.03. The molecule has 0 N–H and O–H groups in total. The number of fused-ring (bicyclic) bond motifs is 1.